The summed E-state index contributed by atoms with van der Waals surface area (Å²) >= 11 is 0. The maximum atomic E-state index is 11.0. The minimum absolute atomic E-state index is 0.281. The van der Waals surface area contributed by atoms with Crippen LogP contribution in [0.25, 0.3) is 0 Å². The van der Waals surface area contributed by atoms with Gasteiger partial charge < -0.3 is 19.1 Å². The van der Waals surface area contributed by atoms with Gasteiger partial charge in [-0.1, -0.05) is 0 Å². The lowest BCUT2D eigenvalue weighted by Gasteiger charge is -2.26. The van der Waals surface area contributed by atoms with Gasteiger partial charge in [-0.25, -0.2) is 4.79 Å². The largest absolute Gasteiger partial charge is 0.477 e. The van der Waals surface area contributed by atoms with Crippen LogP contribution in [0.5, 0.6) is 0 Å². The zero-order valence-corrected chi connectivity index (χ0v) is 9.18. The molecule has 0 radical (unpaired) electrons. The Morgan fingerprint density at radius 1 is 1.75 bits per heavy atom. The molecule has 1 fully saturated rings. The number of carboxylic acids is 1. The lowest BCUT2D eigenvalue weighted by Crippen LogP contribution is -2.37. The Kier molecular flexibility index (Phi) is 2.98. The van der Waals surface area contributed by atoms with Gasteiger partial charge in [0.15, 0.2) is 0 Å². The van der Waals surface area contributed by atoms with E-state index in [0.717, 1.165) is 6.42 Å². The molecule has 1 aliphatic rings. The van der Waals surface area contributed by atoms with E-state index in [2.05, 4.69) is 0 Å². The van der Waals surface area contributed by atoms with Crippen LogP contribution in [0.1, 0.15) is 16.9 Å². The molecule has 2 heterocycles. The van der Waals surface area contributed by atoms with E-state index in [9.17, 15) is 4.79 Å². The topological polar surface area (TPSA) is 60.7 Å². The summed E-state index contributed by atoms with van der Waals surface area (Å²) in [5.41, 5.74) is -0.105. The molecule has 1 aromatic heterocycles. The Labute approximate surface area is 93.6 Å². The third-order valence-electron chi connectivity index (χ3n) is 3.01. The number of nitrogens with zero attached hydrogens (tertiary/aromatic N) is 1. The summed E-state index contributed by atoms with van der Waals surface area (Å²) in [5.74, 6) is -0.921. The number of rotatable bonds is 4. The summed E-state index contributed by atoms with van der Waals surface area (Å²) in [5, 5.41) is 8.99. The van der Waals surface area contributed by atoms with Crippen molar-refractivity contribution in [1.82, 2.24) is 4.57 Å². The Balaban J connectivity index is 2.19. The monoisotopic (exact) mass is 225 g/mol. The molecule has 0 saturated carbocycles. The Hall–Kier alpha value is -1.33. The number of methoxy groups -OCH3 is 1. The van der Waals surface area contributed by atoms with Crippen molar-refractivity contribution in [2.45, 2.75) is 18.6 Å². The van der Waals surface area contributed by atoms with Gasteiger partial charge in [-0.15, -0.1) is 0 Å². The van der Waals surface area contributed by atoms with Gasteiger partial charge in [-0.3, -0.25) is 0 Å². The van der Waals surface area contributed by atoms with Crippen LogP contribution in [0.15, 0.2) is 18.3 Å². The van der Waals surface area contributed by atoms with Crippen LogP contribution in [0, 0.1) is 0 Å². The predicted molar refractivity (Wildman–Crippen MR) is 56.6 cm³/mol. The van der Waals surface area contributed by atoms with Crippen LogP contribution >= 0.6 is 0 Å². The Morgan fingerprint density at radius 3 is 3.12 bits per heavy atom. The van der Waals surface area contributed by atoms with Crippen LogP contribution in [-0.2, 0) is 16.0 Å². The van der Waals surface area contributed by atoms with Crippen molar-refractivity contribution >= 4 is 5.97 Å². The predicted octanol–water partition coefficient (Wildman–Crippen LogP) is 0.992. The van der Waals surface area contributed by atoms with Crippen molar-refractivity contribution in [1.29, 1.82) is 0 Å². The molecule has 1 N–H and O–H groups in total. The van der Waals surface area contributed by atoms with E-state index >= 15 is 0 Å². The fourth-order valence-corrected chi connectivity index (χ4v) is 2.00. The van der Waals surface area contributed by atoms with E-state index in [1.165, 1.54) is 0 Å². The van der Waals surface area contributed by atoms with Gasteiger partial charge in [0, 0.05) is 26.3 Å². The number of carbonyl (C=O) groups is 1. The lowest BCUT2D eigenvalue weighted by molar-refractivity contribution is -0.0299. The molecule has 1 unspecified atom stereocenters. The number of hydrogen-bond donors (Lipinski definition) is 1. The van der Waals surface area contributed by atoms with E-state index in [1.807, 2.05) is 0 Å². The average molecular weight is 225 g/mol. The molecule has 5 nitrogen and oxygen atoms in total. The number of carboxylic acid groups (broad SMARTS) is 1. The summed E-state index contributed by atoms with van der Waals surface area (Å²) in [6.45, 7) is 1.69. The van der Waals surface area contributed by atoms with Crippen LogP contribution < -0.4 is 0 Å². The standard InChI is InChI=1S/C11H15NO4/c1-15-11(4-6-16-8-11)7-12-5-2-3-9(12)10(13)14/h2-3,5H,4,6-8H2,1H3,(H,13,14). The molecule has 5 heteroatoms. The molecule has 0 bridgehead atoms. The first-order valence-electron chi connectivity index (χ1n) is 5.18. The van der Waals surface area contributed by atoms with E-state index < -0.39 is 5.97 Å². The number of aromatic nitrogens is 1. The SMILES string of the molecule is COC1(Cn2cccc2C(=O)O)CCOC1. The van der Waals surface area contributed by atoms with Crippen molar-refractivity contribution in [2.75, 3.05) is 20.3 Å². The first-order valence-corrected chi connectivity index (χ1v) is 5.18. The summed E-state index contributed by atoms with van der Waals surface area (Å²) in [6.07, 6.45) is 2.54. The van der Waals surface area contributed by atoms with E-state index in [4.69, 9.17) is 14.6 Å². The van der Waals surface area contributed by atoms with Crippen LogP contribution in [0.2, 0.25) is 0 Å². The highest BCUT2D eigenvalue weighted by Gasteiger charge is 2.35. The molecular weight excluding hydrogens is 210 g/mol. The minimum atomic E-state index is -0.921. The molecule has 0 aliphatic carbocycles. The lowest BCUT2D eigenvalue weighted by atomic mass is 10.0. The molecule has 1 aromatic rings. The van der Waals surface area contributed by atoms with Crippen molar-refractivity contribution in [3.63, 3.8) is 0 Å². The zero-order chi connectivity index (χ0) is 11.6. The number of hydrogen-bond acceptors (Lipinski definition) is 3. The summed E-state index contributed by atoms with van der Waals surface area (Å²) in [6, 6.07) is 3.31. The van der Waals surface area contributed by atoms with Crippen molar-refractivity contribution in [3.8, 4) is 0 Å². The zero-order valence-electron chi connectivity index (χ0n) is 9.18. The van der Waals surface area contributed by atoms with E-state index in [-0.39, 0.29) is 11.3 Å². The van der Waals surface area contributed by atoms with Gasteiger partial charge in [0.05, 0.1) is 13.2 Å². The highest BCUT2D eigenvalue weighted by Crippen LogP contribution is 2.25. The number of aromatic carboxylic acids is 1. The molecule has 0 spiro atoms. The van der Waals surface area contributed by atoms with Crippen LogP contribution in [0.4, 0.5) is 0 Å². The first-order chi connectivity index (χ1) is 7.67. The van der Waals surface area contributed by atoms with Crippen molar-refractivity contribution in [2.24, 2.45) is 0 Å². The fraction of sp³-hybridized carbons (Fsp3) is 0.545. The highest BCUT2D eigenvalue weighted by molar-refractivity contribution is 5.85. The molecule has 0 amide bonds. The molecule has 1 atom stereocenters. The maximum Gasteiger partial charge on any atom is 0.352 e. The molecule has 88 valence electrons. The van der Waals surface area contributed by atoms with Gasteiger partial charge in [0.2, 0.25) is 0 Å². The summed E-state index contributed by atoms with van der Waals surface area (Å²) in [4.78, 5) is 11.0. The molecule has 1 aliphatic heterocycles. The minimum Gasteiger partial charge on any atom is -0.477 e. The van der Waals surface area contributed by atoms with E-state index in [0.29, 0.717) is 19.8 Å². The van der Waals surface area contributed by atoms with Gasteiger partial charge in [0.1, 0.15) is 11.3 Å². The van der Waals surface area contributed by atoms with Gasteiger partial charge >= 0.3 is 5.97 Å². The smallest absolute Gasteiger partial charge is 0.352 e. The van der Waals surface area contributed by atoms with Gasteiger partial charge in [0.25, 0.3) is 0 Å². The Bertz CT molecular complexity index is 379. The summed E-state index contributed by atoms with van der Waals surface area (Å²) in [7, 11) is 1.64. The van der Waals surface area contributed by atoms with Crippen LogP contribution in [0.3, 0.4) is 0 Å². The van der Waals surface area contributed by atoms with E-state index in [1.54, 1.807) is 30.0 Å². The third-order valence-corrected chi connectivity index (χ3v) is 3.01. The van der Waals surface area contributed by atoms with Crippen LogP contribution in [-0.4, -0.2) is 41.6 Å². The van der Waals surface area contributed by atoms with Gasteiger partial charge in [-0.2, -0.15) is 0 Å². The molecule has 16 heavy (non-hydrogen) atoms. The van der Waals surface area contributed by atoms with Crippen molar-refractivity contribution in [3.05, 3.63) is 24.0 Å². The quantitative estimate of drug-likeness (QED) is 0.830. The third kappa shape index (κ3) is 1.96. The maximum absolute atomic E-state index is 11.0. The van der Waals surface area contributed by atoms with Gasteiger partial charge in [-0.05, 0) is 12.1 Å². The second kappa shape index (κ2) is 4.27. The molecule has 0 aromatic carbocycles. The van der Waals surface area contributed by atoms with Crippen molar-refractivity contribution < 1.29 is 19.4 Å². The molecule has 2 rings (SSSR count). The number of ether oxygens (including phenoxy) is 2. The molecular formula is C11H15NO4. The average Bonchev–Trinajstić information content (AvgIpc) is 2.88. The normalized spacial score (nSPS) is 24.8. The highest BCUT2D eigenvalue weighted by atomic mass is 16.5. The summed E-state index contributed by atoms with van der Waals surface area (Å²) < 4.78 is 12.5. The fourth-order valence-electron chi connectivity index (χ4n) is 2.00. The Morgan fingerprint density at radius 2 is 2.56 bits per heavy atom. The molecule has 1 saturated heterocycles. The second-order valence-corrected chi connectivity index (χ2v) is 4.02. The second-order valence-electron chi connectivity index (χ2n) is 4.02. The first kappa shape index (κ1) is 11.2.